The molecule has 0 aliphatic heterocycles. The molecule has 1 nitrogen and oxygen atoms in total. The van der Waals surface area contributed by atoms with Gasteiger partial charge in [0.15, 0.2) is 0 Å². The normalized spacial score (nSPS) is 10.7. The second-order valence-corrected chi connectivity index (χ2v) is 4.27. The fourth-order valence-electron chi connectivity index (χ4n) is 2.06. The quantitative estimate of drug-likeness (QED) is 0.657. The number of halogens is 1. The molecule has 0 radical (unpaired) electrons. The molecule has 0 aliphatic rings. The maximum atomic E-state index is 13.5. The Morgan fingerprint density at radius 3 is 2.50 bits per heavy atom. The molecule has 0 saturated heterocycles. The minimum atomic E-state index is -0.216. The van der Waals surface area contributed by atoms with Crippen LogP contribution in [0.4, 0.5) is 4.39 Å². The van der Waals surface area contributed by atoms with Crippen molar-refractivity contribution in [1.29, 1.82) is 0 Å². The number of benzene rings is 2. The van der Waals surface area contributed by atoms with Gasteiger partial charge in [0.1, 0.15) is 5.82 Å². The summed E-state index contributed by atoms with van der Waals surface area (Å²) in [4.78, 5) is 4.49. The van der Waals surface area contributed by atoms with E-state index in [-0.39, 0.29) is 5.82 Å². The van der Waals surface area contributed by atoms with Gasteiger partial charge < -0.3 is 0 Å². The van der Waals surface area contributed by atoms with Gasteiger partial charge in [-0.15, -0.1) is 0 Å². The molecule has 0 bridgehead atoms. The Balaban J connectivity index is 1.99. The van der Waals surface area contributed by atoms with E-state index in [9.17, 15) is 4.39 Å². The summed E-state index contributed by atoms with van der Waals surface area (Å²) in [6.07, 6.45) is 0.771. The fraction of sp³-hybridized carbons (Fsp3) is 0.0625. The number of fused-ring (bicyclic) bond motifs is 1. The van der Waals surface area contributed by atoms with E-state index in [1.807, 2.05) is 30.3 Å². The summed E-state index contributed by atoms with van der Waals surface area (Å²) in [5.41, 5.74) is 2.88. The number of hydrogen-bond acceptors (Lipinski definition) is 1. The second kappa shape index (κ2) is 4.57. The lowest BCUT2D eigenvalue weighted by Crippen LogP contribution is -1.93. The molecule has 0 N–H and O–H groups in total. The van der Waals surface area contributed by atoms with Crippen molar-refractivity contribution in [3.05, 3.63) is 77.7 Å². The van der Waals surface area contributed by atoms with Crippen LogP contribution in [0.1, 0.15) is 11.3 Å². The molecule has 0 fully saturated rings. The highest BCUT2D eigenvalue weighted by Gasteiger charge is 2.03. The third-order valence-electron chi connectivity index (χ3n) is 2.96. The van der Waals surface area contributed by atoms with E-state index in [0.29, 0.717) is 10.9 Å². The average molecular weight is 237 g/mol. The van der Waals surface area contributed by atoms with Gasteiger partial charge in [-0.25, -0.2) is 4.39 Å². The first-order valence-electron chi connectivity index (χ1n) is 5.91. The van der Waals surface area contributed by atoms with Crippen molar-refractivity contribution in [3.63, 3.8) is 0 Å². The summed E-state index contributed by atoms with van der Waals surface area (Å²) in [7, 11) is 0. The van der Waals surface area contributed by atoms with Crippen LogP contribution >= 0.6 is 0 Å². The molecule has 0 spiro atoms. The van der Waals surface area contributed by atoms with Gasteiger partial charge in [0, 0.05) is 17.5 Å². The van der Waals surface area contributed by atoms with Gasteiger partial charge in [-0.3, -0.25) is 4.98 Å². The zero-order valence-corrected chi connectivity index (χ0v) is 9.81. The van der Waals surface area contributed by atoms with Crippen LogP contribution in [-0.4, -0.2) is 4.98 Å². The molecular formula is C16H12FN. The van der Waals surface area contributed by atoms with Crippen LogP contribution in [0.25, 0.3) is 10.9 Å². The van der Waals surface area contributed by atoms with Crippen molar-refractivity contribution in [3.8, 4) is 0 Å². The predicted molar refractivity (Wildman–Crippen MR) is 70.9 cm³/mol. The summed E-state index contributed by atoms with van der Waals surface area (Å²) < 4.78 is 13.5. The van der Waals surface area contributed by atoms with Crippen molar-refractivity contribution in [2.75, 3.05) is 0 Å². The van der Waals surface area contributed by atoms with E-state index in [4.69, 9.17) is 0 Å². The molecule has 1 heterocycles. The molecule has 0 saturated carbocycles. The van der Waals surface area contributed by atoms with Crippen LogP contribution in [0.3, 0.4) is 0 Å². The third kappa shape index (κ3) is 2.09. The lowest BCUT2D eigenvalue weighted by atomic mass is 10.1. The van der Waals surface area contributed by atoms with E-state index < -0.39 is 0 Å². The number of aromatic nitrogens is 1. The molecule has 88 valence electrons. The molecule has 2 aromatic carbocycles. The minimum absolute atomic E-state index is 0.216. The summed E-state index contributed by atoms with van der Waals surface area (Å²) in [6, 6.07) is 18.8. The van der Waals surface area contributed by atoms with Crippen LogP contribution in [-0.2, 0) is 6.42 Å². The molecule has 3 rings (SSSR count). The molecular weight excluding hydrogens is 225 g/mol. The Labute approximate surface area is 105 Å². The predicted octanol–water partition coefficient (Wildman–Crippen LogP) is 3.96. The standard InChI is InChI=1S/C16H12FN/c17-15-7-4-8-16-14(15)10-9-13(18-16)11-12-5-2-1-3-6-12/h1-10H,11H2. The van der Waals surface area contributed by atoms with E-state index in [1.54, 1.807) is 12.1 Å². The van der Waals surface area contributed by atoms with Crippen LogP contribution in [0.5, 0.6) is 0 Å². The van der Waals surface area contributed by atoms with Crippen LogP contribution in [0.2, 0.25) is 0 Å². The number of pyridine rings is 1. The van der Waals surface area contributed by atoms with Gasteiger partial charge >= 0.3 is 0 Å². The van der Waals surface area contributed by atoms with E-state index in [1.165, 1.54) is 11.6 Å². The zero-order chi connectivity index (χ0) is 12.4. The lowest BCUT2D eigenvalue weighted by molar-refractivity contribution is 0.639. The fourth-order valence-corrected chi connectivity index (χ4v) is 2.06. The highest BCUT2D eigenvalue weighted by atomic mass is 19.1. The molecule has 0 aliphatic carbocycles. The molecule has 2 heteroatoms. The Kier molecular flexibility index (Phi) is 2.77. The lowest BCUT2D eigenvalue weighted by Gasteiger charge is -2.04. The monoisotopic (exact) mass is 237 g/mol. The van der Waals surface area contributed by atoms with Gasteiger partial charge in [-0.05, 0) is 29.8 Å². The highest BCUT2D eigenvalue weighted by Crippen LogP contribution is 2.17. The highest BCUT2D eigenvalue weighted by molar-refractivity contribution is 5.79. The molecule has 0 unspecified atom stereocenters. The maximum Gasteiger partial charge on any atom is 0.132 e. The van der Waals surface area contributed by atoms with Crippen molar-refractivity contribution in [1.82, 2.24) is 4.98 Å². The third-order valence-corrected chi connectivity index (χ3v) is 2.96. The van der Waals surface area contributed by atoms with Gasteiger partial charge in [-0.1, -0.05) is 36.4 Å². The summed E-state index contributed by atoms with van der Waals surface area (Å²) >= 11 is 0. The Hall–Kier alpha value is -2.22. The molecule has 18 heavy (non-hydrogen) atoms. The largest absolute Gasteiger partial charge is 0.252 e. The van der Waals surface area contributed by atoms with Crippen LogP contribution in [0.15, 0.2) is 60.7 Å². The molecule has 1 aromatic heterocycles. The first-order valence-corrected chi connectivity index (χ1v) is 5.91. The first-order chi connectivity index (χ1) is 8.83. The number of nitrogens with zero attached hydrogens (tertiary/aromatic N) is 1. The topological polar surface area (TPSA) is 12.9 Å². The molecule has 3 aromatic rings. The molecule has 0 amide bonds. The van der Waals surface area contributed by atoms with E-state index >= 15 is 0 Å². The smallest absolute Gasteiger partial charge is 0.132 e. The maximum absolute atomic E-state index is 13.5. The van der Waals surface area contributed by atoms with Gasteiger partial charge in [0.2, 0.25) is 0 Å². The van der Waals surface area contributed by atoms with Crippen molar-refractivity contribution in [2.45, 2.75) is 6.42 Å². The van der Waals surface area contributed by atoms with Gasteiger partial charge in [0.05, 0.1) is 5.52 Å². The van der Waals surface area contributed by atoms with Crippen molar-refractivity contribution < 1.29 is 4.39 Å². The second-order valence-electron chi connectivity index (χ2n) is 4.27. The van der Waals surface area contributed by atoms with Crippen molar-refractivity contribution >= 4 is 10.9 Å². The van der Waals surface area contributed by atoms with E-state index in [2.05, 4.69) is 17.1 Å². The van der Waals surface area contributed by atoms with Gasteiger partial charge in [-0.2, -0.15) is 0 Å². The average Bonchev–Trinajstić information content (AvgIpc) is 2.40. The summed E-state index contributed by atoms with van der Waals surface area (Å²) in [5.74, 6) is -0.216. The van der Waals surface area contributed by atoms with Crippen LogP contribution < -0.4 is 0 Å². The Morgan fingerprint density at radius 2 is 1.67 bits per heavy atom. The summed E-state index contributed by atoms with van der Waals surface area (Å²) in [5, 5.41) is 0.578. The number of rotatable bonds is 2. The van der Waals surface area contributed by atoms with Crippen molar-refractivity contribution in [2.24, 2.45) is 0 Å². The van der Waals surface area contributed by atoms with Crippen LogP contribution in [0, 0.1) is 5.82 Å². The Morgan fingerprint density at radius 1 is 0.833 bits per heavy atom. The zero-order valence-electron chi connectivity index (χ0n) is 9.81. The minimum Gasteiger partial charge on any atom is -0.252 e. The number of hydrogen-bond donors (Lipinski definition) is 0. The first kappa shape index (κ1) is 10.9. The summed E-state index contributed by atoms with van der Waals surface area (Å²) in [6.45, 7) is 0. The van der Waals surface area contributed by atoms with Gasteiger partial charge in [0.25, 0.3) is 0 Å². The van der Waals surface area contributed by atoms with E-state index in [0.717, 1.165) is 12.1 Å². The SMILES string of the molecule is Fc1cccc2nc(Cc3ccccc3)ccc12. The Bertz CT molecular complexity index is 677. The molecule has 0 atom stereocenters.